The number of hydrogen-bond donors (Lipinski definition) is 2. The van der Waals surface area contributed by atoms with Gasteiger partial charge in [-0.1, -0.05) is 0 Å². The van der Waals surface area contributed by atoms with E-state index in [0.717, 1.165) is 0 Å². The van der Waals surface area contributed by atoms with Crippen LogP contribution in [-0.2, 0) is 0 Å². The summed E-state index contributed by atoms with van der Waals surface area (Å²) in [7, 11) is 1.35. The fraction of sp³-hybridized carbons (Fsp3) is 0.0769. The number of rotatable bonds is 4. The van der Waals surface area contributed by atoms with Crippen LogP contribution in [0.3, 0.4) is 0 Å². The summed E-state index contributed by atoms with van der Waals surface area (Å²) < 4.78 is 5.04. The third-order valence-electron chi connectivity index (χ3n) is 2.73. The lowest BCUT2D eigenvalue weighted by Crippen LogP contribution is -2.15. The Morgan fingerprint density at radius 1 is 1.43 bits per heavy atom. The van der Waals surface area contributed by atoms with E-state index in [2.05, 4.69) is 10.3 Å². The molecule has 0 fully saturated rings. The number of non-ortho nitro benzene ring substituents is 1. The fourth-order valence-corrected chi connectivity index (χ4v) is 1.70. The number of methoxy groups -OCH3 is 1. The van der Waals surface area contributed by atoms with Crippen molar-refractivity contribution >= 4 is 23.1 Å². The number of nitro benzene ring substituents is 1. The summed E-state index contributed by atoms with van der Waals surface area (Å²) in [6.07, 6.45) is 1.47. The van der Waals surface area contributed by atoms with Gasteiger partial charge < -0.3 is 15.8 Å². The Morgan fingerprint density at radius 3 is 2.81 bits per heavy atom. The first kappa shape index (κ1) is 14.3. The van der Waals surface area contributed by atoms with Crippen molar-refractivity contribution in [3.8, 4) is 5.75 Å². The SMILES string of the molecule is COc1cc([N+](=O)[O-])ccc1NC(=O)c1cccnc1N. The Hall–Kier alpha value is -3.16. The van der Waals surface area contributed by atoms with Crippen molar-refractivity contribution in [2.45, 2.75) is 0 Å². The fourth-order valence-electron chi connectivity index (χ4n) is 1.70. The number of nitrogens with two attached hydrogens (primary N) is 1. The van der Waals surface area contributed by atoms with Gasteiger partial charge in [0, 0.05) is 12.3 Å². The second kappa shape index (κ2) is 5.87. The summed E-state index contributed by atoms with van der Waals surface area (Å²) >= 11 is 0. The van der Waals surface area contributed by atoms with Crippen LogP contribution in [0.25, 0.3) is 0 Å². The Balaban J connectivity index is 2.29. The van der Waals surface area contributed by atoms with Crippen LogP contribution in [-0.4, -0.2) is 22.9 Å². The number of benzene rings is 1. The molecule has 8 heteroatoms. The molecule has 0 radical (unpaired) electrons. The highest BCUT2D eigenvalue weighted by molar-refractivity contribution is 6.07. The van der Waals surface area contributed by atoms with Crippen molar-refractivity contribution in [2.75, 3.05) is 18.2 Å². The maximum atomic E-state index is 12.1. The number of nitrogen functional groups attached to an aromatic ring is 1. The lowest BCUT2D eigenvalue weighted by molar-refractivity contribution is -0.384. The van der Waals surface area contributed by atoms with Gasteiger partial charge in [-0.15, -0.1) is 0 Å². The smallest absolute Gasteiger partial charge is 0.273 e. The number of aromatic nitrogens is 1. The number of nitrogens with one attached hydrogen (secondary N) is 1. The average molecular weight is 288 g/mol. The number of carbonyl (C=O) groups is 1. The summed E-state index contributed by atoms with van der Waals surface area (Å²) in [4.78, 5) is 26.1. The Labute approximate surface area is 119 Å². The molecule has 0 spiro atoms. The highest BCUT2D eigenvalue weighted by Gasteiger charge is 2.15. The van der Waals surface area contributed by atoms with Crippen LogP contribution in [0.15, 0.2) is 36.5 Å². The van der Waals surface area contributed by atoms with E-state index in [4.69, 9.17) is 10.5 Å². The maximum absolute atomic E-state index is 12.1. The molecule has 0 aliphatic rings. The molecule has 0 unspecified atom stereocenters. The molecule has 21 heavy (non-hydrogen) atoms. The minimum absolute atomic E-state index is 0.0934. The van der Waals surface area contributed by atoms with Crippen LogP contribution in [0.2, 0.25) is 0 Å². The number of nitro groups is 1. The minimum atomic E-state index is -0.548. The van der Waals surface area contributed by atoms with Crippen molar-refractivity contribution in [3.05, 3.63) is 52.2 Å². The second-order valence-electron chi connectivity index (χ2n) is 4.03. The van der Waals surface area contributed by atoms with Crippen LogP contribution in [0.1, 0.15) is 10.4 Å². The number of hydrogen-bond acceptors (Lipinski definition) is 6. The maximum Gasteiger partial charge on any atom is 0.273 e. The quantitative estimate of drug-likeness (QED) is 0.654. The average Bonchev–Trinajstić information content (AvgIpc) is 2.47. The first-order chi connectivity index (χ1) is 10.0. The summed E-state index contributed by atoms with van der Waals surface area (Å²) in [6, 6.07) is 6.99. The van der Waals surface area contributed by atoms with Gasteiger partial charge in [-0.3, -0.25) is 14.9 Å². The molecule has 2 rings (SSSR count). The van der Waals surface area contributed by atoms with E-state index in [9.17, 15) is 14.9 Å². The van der Waals surface area contributed by atoms with Crippen LogP contribution < -0.4 is 15.8 Å². The molecule has 3 N–H and O–H groups in total. The highest BCUT2D eigenvalue weighted by Crippen LogP contribution is 2.29. The van der Waals surface area contributed by atoms with Gasteiger partial charge in [-0.2, -0.15) is 0 Å². The molecule has 0 aliphatic heterocycles. The third kappa shape index (κ3) is 3.06. The molecule has 8 nitrogen and oxygen atoms in total. The zero-order valence-corrected chi connectivity index (χ0v) is 11.1. The van der Waals surface area contributed by atoms with Crippen LogP contribution >= 0.6 is 0 Å². The summed E-state index contributed by atoms with van der Waals surface area (Å²) in [5.41, 5.74) is 5.99. The zero-order valence-electron chi connectivity index (χ0n) is 11.1. The second-order valence-corrected chi connectivity index (χ2v) is 4.03. The first-order valence-electron chi connectivity index (χ1n) is 5.87. The summed E-state index contributed by atoms with van der Waals surface area (Å²) in [5, 5.41) is 13.3. The molecular weight excluding hydrogens is 276 g/mol. The molecule has 1 aromatic carbocycles. The van der Waals surface area contributed by atoms with E-state index in [0.29, 0.717) is 5.69 Å². The van der Waals surface area contributed by atoms with Crippen molar-refractivity contribution in [1.29, 1.82) is 0 Å². The van der Waals surface area contributed by atoms with E-state index in [1.807, 2.05) is 0 Å². The molecule has 0 saturated heterocycles. The van der Waals surface area contributed by atoms with Crippen LogP contribution in [0, 0.1) is 10.1 Å². The van der Waals surface area contributed by atoms with E-state index >= 15 is 0 Å². The Kier molecular flexibility index (Phi) is 3.98. The normalized spacial score (nSPS) is 9.95. The number of pyridine rings is 1. The highest BCUT2D eigenvalue weighted by atomic mass is 16.6. The van der Waals surface area contributed by atoms with Gasteiger partial charge >= 0.3 is 0 Å². The molecule has 2 aromatic rings. The number of anilines is 2. The number of ether oxygens (including phenoxy) is 1. The van der Waals surface area contributed by atoms with Crippen molar-refractivity contribution in [3.63, 3.8) is 0 Å². The monoisotopic (exact) mass is 288 g/mol. The molecule has 0 aliphatic carbocycles. The van der Waals surface area contributed by atoms with Crippen molar-refractivity contribution < 1.29 is 14.5 Å². The standard InChI is InChI=1S/C13H12N4O4/c1-21-11-7-8(17(19)20)4-5-10(11)16-13(18)9-3-2-6-15-12(9)14/h2-7H,1H3,(H2,14,15)(H,16,18). The lowest BCUT2D eigenvalue weighted by Gasteiger charge is -2.10. The van der Waals surface area contributed by atoms with Crippen LogP contribution in [0.4, 0.5) is 17.2 Å². The van der Waals surface area contributed by atoms with Crippen molar-refractivity contribution in [2.24, 2.45) is 0 Å². The van der Waals surface area contributed by atoms with E-state index in [1.165, 1.54) is 37.6 Å². The first-order valence-corrected chi connectivity index (χ1v) is 5.87. The summed E-state index contributed by atoms with van der Waals surface area (Å²) in [6.45, 7) is 0. The predicted molar refractivity (Wildman–Crippen MR) is 76.3 cm³/mol. The van der Waals surface area contributed by atoms with Crippen molar-refractivity contribution in [1.82, 2.24) is 4.98 Å². The number of nitrogens with zero attached hydrogens (tertiary/aromatic N) is 2. The zero-order chi connectivity index (χ0) is 15.4. The minimum Gasteiger partial charge on any atom is -0.494 e. The predicted octanol–water partition coefficient (Wildman–Crippen LogP) is 1.83. The van der Waals surface area contributed by atoms with E-state index in [-0.39, 0.29) is 22.8 Å². The van der Waals surface area contributed by atoms with Gasteiger partial charge in [0.25, 0.3) is 11.6 Å². The number of carbonyl (C=O) groups excluding carboxylic acids is 1. The molecule has 108 valence electrons. The van der Waals surface area contributed by atoms with E-state index in [1.54, 1.807) is 6.07 Å². The molecule has 0 atom stereocenters. The third-order valence-corrected chi connectivity index (χ3v) is 2.73. The Morgan fingerprint density at radius 2 is 2.19 bits per heavy atom. The number of amides is 1. The molecule has 0 saturated carbocycles. The van der Waals surface area contributed by atoms with Gasteiger partial charge in [0.1, 0.15) is 11.6 Å². The molecule has 1 heterocycles. The molecule has 1 amide bonds. The molecule has 0 bridgehead atoms. The van der Waals surface area contributed by atoms with Gasteiger partial charge in [0.2, 0.25) is 0 Å². The molecular formula is C13H12N4O4. The van der Waals surface area contributed by atoms with Gasteiger partial charge in [-0.05, 0) is 18.2 Å². The summed E-state index contributed by atoms with van der Waals surface area (Å²) in [5.74, 6) is -0.205. The molecule has 1 aromatic heterocycles. The van der Waals surface area contributed by atoms with Crippen LogP contribution in [0.5, 0.6) is 5.75 Å². The van der Waals surface area contributed by atoms with Gasteiger partial charge in [0.15, 0.2) is 0 Å². The van der Waals surface area contributed by atoms with Gasteiger partial charge in [-0.25, -0.2) is 4.98 Å². The Bertz CT molecular complexity index is 702. The van der Waals surface area contributed by atoms with Gasteiger partial charge in [0.05, 0.1) is 29.4 Å². The topological polar surface area (TPSA) is 120 Å². The largest absolute Gasteiger partial charge is 0.494 e. The van der Waals surface area contributed by atoms with E-state index < -0.39 is 10.8 Å². The lowest BCUT2D eigenvalue weighted by atomic mass is 10.2.